The van der Waals surface area contributed by atoms with Crippen molar-refractivity contribution in [1.82, 2.24) is 9.80 Å². The largest absolute Gasteiger partial charge is 0.370 e. The molecule has 1 amide bonds. The molecule has 3 N–H and O–H groups in total. The number of amides is 1. The molecule has 1 rings (SSSR count). The van der Waals surface area contributed by atoms with Gasteiger partial charge >= 0.3 is 0 Å². The molecule has 12 heavy (non-hydrogen) atoms. The third-order valence-corrected chi connectivity index (χ3v) is 2.07. The average molecular weight is 170 g/mol. The lowest BCUT2D eigenvalue weighted by Gasteiger charge is -2.34. The lowest BCUT2D eigenvalue weighted by molar-refractivity contribution is -0.130. The molecule has 5 nitrogen and oxygen atoms in total. The zero-order valence-corrected chi connectivity index (χ0v) is 7.21. The molecule has 0 aromatic heterocycles. The van der Waals surface area contributed by atoms with Crippen molar-refractivity contribution in [3.8, 4) is 0 Å². The van der Waals surface area contributed by atoms with Crippen LogP contribution < -0.4 is 5.73 Å². The summed E-state index contributed by atoms with van der Waals surface area (Å²) in [6, 6.07) is 0. The topological polar surface area (TPSA) is 73.4 Å². The minimum Gasteiger partial charge on any atom is -0.370 e. The Labute approximate surface area is 71.6 Å². The number of carbonyl (C=O) groups is 1. The molecule has 0 radical (unpaired) electrons. The lowest BCUT2D eigenvalue weighted by Crippen LogP contribution is -2.51. The summed E-state index contributed by atoms with van der Waals surface area (Å²) in [4.78, 5) is 14.4. The highest BCUT2D eigenvalue weighted by molar-refractivity contribution is 5.76. The number of guanidine groups is 1. The molecule has 68 valence electrons. The molecule has 0 atom stereocenters. The molecule has 5 heteroatoms. The van der Waals surface area contributed by atoms with Crippen molar-refractivity contribution >= 4 is 11.9 Å². The summed E-state index contributed by atoms with van der Waals surface area (Å²) < 4.78 is 0. The van der Waals surface area contributed by atoms with Crippen molar-refractivity contribution in [3.63, 3.8) is 0 Å². The number of carbonyl (C=O) groups excluding carboxylic acids is 1. The summed E-state index contributed by atoms with van der Waals surface area (Å²) in [6.07, 6.45) is 0. The second-order valence-corrected chi connectivity index (χ2v) is 2.88. The maximum atomic E-state index is 10.9. The fraction of sp³-hybridized carbons (Fsp3) is 0.714. The quantitative estimate of drug-likeness (QED) is 0.363. The van der Waals surface area contributed by atoms with Crippen molar-refractivity contribution in [1.29, 1.82) is 5.41 Å². The van der Waals surface area contributed by atoms with Gasteiger partial charge in [0.25, 0.3) is 0 Å². The normalized spacial score (nSPS) is 17.8. The summed E-state index contributed by atoms with van der Waals surface area (Å²) in [7, 11) is 0. The third kappa shape index (κ3) is 1.87. The summed E-state index contributed by atoms with van der Waals surface area (Å²) in [6.45, 7) is 4.26. The fourth-order valence-corrected chi connectivity index (χ4v) is 1.26. The van der Waals surface area contributed by atoms with Gasteiger partial charge in [0.15, 0.2) is 5.96 Å². The van der Waals surface area contributed by atoms with Crippen LogP contribution in [0.25, 0.3) is 0 Å². The van der Waals surface area contributed by atoms with Crippen LogP contribution in [0.4, 0.5) is 0 Å². The van der Waals surface area contributed by atoms with E-state index in [1.54, 1.807) is 16.7 Å². The number of rotatable bonds is 0. The zero-order valence-electron chi connectivity index (χ0n) is 7.21. The summed E-state index contributed by atoms with van der Waals surface area (Å²) in [5.41, 5.74) is 5.29. The van der Waals surface area contributed by atoms with Gasteiger partial charge in [0, 0.05) is 33.1 Å². The van der Waals surface area contributed by atoms with E-state index in [2.05, 4.69) is 0 Å². The molecule has 0 aliphatic carbocycles. The minimum absolute atomic E-state index is 0.0956. The van der Waals surface area contributed by atoms with Crippen molar-refractivity contribution in [3.05, 3.63) is 0 Å². The molecule has 0 aromatic rings. The Morgan fingerprint density at radius 3 is 2.00 bits per heavy atom. The SMILES string of the molecule is CC(=O)N1CCN(C(=N)N)CC1. The van der Waals surface area contributed by atoms with Crippen LogP contribution in [0.3, 0.4) is 0 Å². The van der Waals surface area contributed by atoms with Crippen LogP contribution in [-0.2, 0) is 4.79 Å². The Kier molecular flexibility index (Phi) is 2.52. The molecule has 0 saturated carbocycles. The molecule has 1 fully saturated rings. The van der Waals surface area contributed by atoms with Gasteiger partial charge in [-0.15, -0.1) is 0 Å². The van der Waals surface area contributed by atoms with Crippen LogP contribution in [-0.4, -0.2) is 47.8 Å². The van der Waals surface area contributed by atoms with E-state index in [9.17, 15) is 4.79 Å². The Bertz CT molecular complexity index is 174. The molecule has 0 bridgehead atoms. The van der Waals surface area contributed by atoms with E-state index in [4.69, 9.17) is 11.1 Å². The summed E-state index contributed by atoms with van der Waals surface area (Å²) in [5.74, 6) is 0.191. The van der Waals surface area contributed by atoms with Crippen LogP contribution in [0, 0.1) is 5.41 Å². The summed E-state index contributed by atoms with van der Waals surface area (Å²) >= 11 is 0. The van der Waals surface area contributed by atoms with Crippen molar-refractivity contribution in [2.45, 2.75) is 6.92 Å². The van der Waals surface area contributed by atoms with Gasteiger partial charge in [0.05, 0.1) is 0 Å². The van der Waals surface area contributed by atoms with Crippen LogP contribution in [0.2, 0.25) is 0 Å². The first-order valence-corrected chi connectivity index (χ1v) is 3.95. The van der Waals surface area contributed by atoms with Gasteiger partial charge in [0.1, 0.15) is 0 Å². The monoisotopic (exact) mass is 170 g/mol. The molecule has 1 heterocycles. The molecule has 1 aliphatic rings. The average Bonchev–Trinajstić information content (AvgIpc) is 2.04. The van der Waals surface area contributed by atoms with Gasteiger partial charge < -0.3 is 15.5 Å². The molecule has 0 unspecified atom stereocenters. The minimum atomic E-state index is 0.0956. The van der Waals surface area contributed by atoms with E-state index < -0.39 is 0 Å². The third-order valence-electron chi connectivity index (χ3n) is 2.07. The van der Waals surface area contributed by atoms with Gasteiger partial charge in [-0.25, -0.2) is 0 Å². The number of nitrogens with two attached hydrogens (primary N) is 1. The Balaban J connectivity index is 2.39. The fourth-order valence-electron chi connectivity index (χ4n) is 1.26. The van der Waals surface area contributed by atoms with Gasteiger partial charge in [-0.05, 0) is 0 Å². The molecule has 0 aromatic carbocycles. The first-order valence-electron chi connectivity index (χ1n) is 3.95. The van der Waals surface area contributed by atoms with E-state index in [0.29, 0.717) is 26.2 Å². The van der Waals surface area contributed by atoms with Gasteiger partial charge in [-0.3, -0.25) is 10.2 Å². The van der Waals surface area contributed by atoms with E-state index in [1.807, 2.05) is 0 Å². The predicted molar refractivity (Wildman–Crippen MR) is 45.7 cm³/mol. The second kappa shape index (κ2) is 3.42. The van der Waals surface area contributed by atoms with E-state index >= 15 is 0 Å². The zero-order chi connectivity index (χ0) is 9.14. The molecular formula is C7H14N4O. The van der Waals surface area contributed by atoms with Gasteiger partial charge in [-0.1, -0.05) is 0 Å². The maximum absolute atomic E-state index is 10.9. The number of nitrogens with zero attached hydrogens (tertiary/aromatic N) is 2. The Morgan fingerprint density at radius 2 is 1.67 bits per heavy atom. The van der Waals surface area contributed by atoms with E-state index in [0.717, 1.165) is 0 Å². The molecular weight excluding hydrogens is 156 g/mol. The van der Waals surface area contributed by atoms with Crippen LogP contribution >= 0.6 is 0 Å². The first-order chi connectivity index (χ1) is 5.61. The highest BCUT2D eigenvalue weighted by atomic mass is 16.2. The van der Waals surface area contributed by atoms with E-state index in [1.165, 1.54) is 0 Å². The highest BCUT2D eigenvalue weighted by Crippen LogP contribution is 2.00. The molecule has 1 saturated heterocycles. The van der Waals surface area contributed by atoms with E-state index in [-0.39, 0.29) is 11.9 Å². The lowest BCUT2D eigenvalue weighted by atomic mass is 10.3. The maximum Gasteiger partial charge on any atom is 0.219 e. The standard InChI is InChI=1S/C7H14N4O/c1-6(12)10-2-4-11(5-3-10)7(8)9/h2-5H2,1H3,(H3,8,9). The van der Waals surface area contributed by atoms with Crippen LogP contribution in [0.15, 0.2) is 0 Å². The second-order valence-electron chi connectivity index (χ2n) is 2.88. The predicted octanol–water partition coefficient (Wildman–Crippen LogP) is -0.956. The Hall–Kier alpha value is -1.26. The first kappa shape index (κ1) is 8.83. The van der Waals surface area contributed by atoms with Gasteiger partial charge in [-0.2, -0.15) is 0 Å². The van der Waals surface area contributed by atoms with Gasteiger partial charge in [0.2, 0.25) is 5.91 Å². The van der Waals surface area contributed by atoms with Crippen molar-refractivity contribution < 1.29 is 4.79 Å². The van der Waals surface area contributed by atoms with Crippen molar-refractivity contribution in [2.75, 3.05) is 26.2 Å². The molecule has 1 aliphatic heterocycles. The smallest absolute Gasteiger partial charge is 0.219 e. The number of piperazine rings is 1. The summed E-state index contributed by atoms with van der Waals surface area (Å²) in [5, 5.41) is 7.16. The molecule has 0 spiro atoms. The van der Waals surface area contributed by atoms with Crippen molar-refractivity contribution in [2.24, 2.45) is 5.73 Å². The highest BCUT2D eigenvalue weighted by Gasteiger charge is 2.18. The van der Waals surface area contributed by atoms with Crippen LogP contribution in [0.1, 0.15) is 6.92 Å². The number of hydrogen-bond acceptors (Lipinski definition) is 2. The Morgan fingerprint density at radius 1 is 1.25 bits per heavy atom. The van der Waals surface area contributed by atoms with Crippen LogP contribution in [0.5, 0.6) is 0 Å². The number of hydrogen-bond donors (Lipinski definition) is 2. The number of nitrogens with one attached hydrogen (secondary N) is 1.